The molecule has 0 aromatic carbocycles. The number of Topliss-reactive ketones (excluding diaryl/α,β-unsaturated/α-hetero) is 1. The molecule has 0 heterocycles. The highest BCUT2D eigenvalue weighted by Crippen LogP contribution is 2.65. The van der Waals surface area contributed by atoms with Crippen molar-refractivity contribution in [2.75, 3.05) is 0 Å². The smallest absolute Gasteiger partial charge is 0.139 e. The van der Waals surface area contributed by atoms with Crippen LogP contribution in [-0.4, -0.2) is 23.4 Å². The molecule has 4 saturated carbocycles. The molecule has 4 heteroatoms. The lowest BCUT2D eigenvalue weighted by Gasteiger charge is -2.60. The largest absolute Gasteiger partial charge is 0.310 e. The van der Waals surface area contributed by atoms with Crippen molar-refractivity contribution in [2.45, 2.75) is 65.0 Å². The first-order valence-corrected chi connectivity index (χ1v) is 9.08. The molecule has 0 amide bonds. The maximum absolute atomic E-state index is 15.3. The zero-order chi connectivity index (χ0) is 16.6. The number of ketones is 1. The number of fused-ring (bicyclic) bond motifs is 5. The number of nitrogens with one attached hydrogen (secondary N) is 2. The Bertz CT molecular complexity index is 602. The van der Waals surface area contributed by atoms with Crippen LogP contribution in [0, 0.1) is 45.3 Å². The Morgan fingerprint density at radius 2 is 1.91 bits per heavy atom. The van der Waals surface area contributed by atoms with E-state index in [1.54, 1.807) is 0 Å². The summed E-state index contributed by atoms with van der Waals surface area (Å²) in [6, 6.07) is 0. The summed E-state index contributed by atoms with van der Waals surface area (Å²) in [6.07, 6.45) is 3.79. The van der Waals surface area contributed by atoms with Gasteiger partial charge in [0.05, 0.1) is 0 Å². The fourth-order valence-corrected chi connectivity index (χ4v) is 6.76. The summed E-state index contributed by atoms with van der Waals surface area (Å²) < 4.78 is 15.3. The molecule has 4 fully saturated rings. The van der Waals surface area contributed by atoms with Crippen LogP contribution >= 0.6 is 0 Å². The highest BCUT2D eigenvalue weighted by molar-refractivity contribution is 5.94. The Morgan fingerprint density at radius 1 is 1.17 bits per heavy atom. The minimum atomic E-state index is -0.934. The molecule has 0 bridgehead atoms. The summed E-state index contributed by atoms with van der Waals surface area (Å²) in [6.45, 7) is 4.14. The molecule has 0 spiro atoms. The van der Waals surface area contributed by atoms with Gasteiger partial charge in [0.25, 0.3) is 0 Å². The van der Waals surface area contributed by atoms with Crippen molar-refractivity contribution < 1.29 is 9.18 Å². The van der Waals surface area contributed by atoms with Crippen LogP contribution in [-0.2, 0) is 4.79 Å². The molecule has 4 rings (SSSR count). The Hall–Kier alpha value is -1.06. The second-order valence-electron chi connectivity index (χ2n) is 8.99. The number of carbonyl (C=O) groups is 1. The van der Waals surface area contributed by atoms with E-state index in [0.717, 1.165) is 25.0 Å². The molecule has 0 aromatic rings. The molecule has 0 aliphatic heterocycles. The summed E-state index contributed by atoms with van der Waals surface area (Å²) in [7, 11) is 0. The first kappa shape index (κ1) is 15.5. The van der Waals surface area contributed by atoms with Crippen molar-refractivity contribution in [2.24, 2.45) is 34.5 Å². The monoisotopic (exact) mass is 318 g/mol. The van der Waals surface area contributed by atoms with Crippen LogP contribution in [0.25, 0.3) is 0 Å². The van der Waals surface area contributed by atoms with Crippen LogP contribution < -0.4 is 0 Å². The summed E-state index contributed by atoms with van der Waals surface area (Å²) in [4.78, 5) is 12.4. The number of alkyl halides is 1. The Morgan fingerprint density at radius 3 is 2.65 bits per heavy atom. The predicted molar refractivity (Wildman–Crippen MR) is 87.8 cm³/mol. The first-order chi connectivity index (χ1) is 10.8. The van der Waals surface area contributed by atoms with Gasteiger partial charge in [-0.2, -0.15) is 0 Å². The van der Waals surface area contributed by atoms with Crippen LogP contribution in [0.2, 0.25) is 0 Å². The number of hydrogen-bond donors (Lipinski definition) is 2. The van der Waals surface area contributed by atoms with Gasteiger partial charge in [0, 0.05) is 29.2 Å². The Labute approximate surface area is 137 Å². The highest BCUT2D eigenvalue weighted by atomic mass is 19.1. The van der Waals surface area contributed by atoms with Crippen molar-refractivity contribution in [3.05, 3.63) is 0 Å². The van der Waals surface area contributed by atoms with Gasteiger partial charge in [-0.15, -0.1) is 0 Å². The molecule has 3 nitrogen and oxygen atoms in total. The van der Waals surface area contributed by atoms with E-state index in [2.05, 4.69) is 6.92 Å². The van der Waals surface area contributed by atoms with Crippen LogP contribution in [0.5, 0.6) is 0 Å². The van der Waals surface area contributed by atoms with E-state index in [1.807, 2.05) is 6.92 Å². The van der Waals surface area contributed by atoms with Crippen molar-refractivity contribution in [1.29, 1.82) is 10.8 Å². The van der Waals surface area contributed by atoms with Crippen molar-refractivity contribution in [1.82, 2.24) is 0 Å². The lowest BCUT2D eigenvalue weighted by atomic mass is 9.44. The number of rotatable bonds is 0. The Balaban J connectivity index is 1.76. The third kappa shape index (κ3) is 1.90. The van der Waals surface area contributed by atoms with Gasteiger partial charge in [0.15, 0.2) is 0 Å². The standard InChI is InChI=1S/C19H27FN2O/c1-18-6-5-10(21)7-13(18)15(22)8-11-12-3-4-16(23)19(12,2)9-14(20)17(11)18/h11-14,17,21-22H,3-9H2,1-2H3/t11?,12?,13?,14?,17?,18-,19-/m0/s1. The van der Waals surface area contributed by atoms with Gasteiger partial charge in [-0.3, -0.25) is 4.79 Å². The van der Waals surface area contributed by atoms with Crippen LogP contribution in [0.15, 0.2) is 0 Å². The lowest BCUT2D eigenvalue weighted by molar-refractivity contribution is -0.141. The van der Waals surface area contributed by atoms with E-state index in [4.69, 9.17) is 10.8 Å². The molecule has 4 aliphatic carbocycles. The highest BCUT2D eigenvalue weighted by Gasteiger charge is 2.64. The van der Waals surface area contributed by atoms with Gasteiger partial charge in [0.2, 0.25) is 0 Å². The van der Waals surface area contributed by atoms with Crippen molar-refractivity contribution in [3.63, 3.8) is 0 Å². The maximum Gasteiger partial charge on any atom is 0.139 e. The van der Waals surface area contributed by atoms with E-state index in [1.165, 1.54) is 0 Å². The van der Waals surface area contributed by atoms with E-state index < -0.39 is 11.6 Å². The lowest BCUT2D eigenvalue weighted by Crippen LogP contribution is -2.60. The first-order valence-electron chi connectivity index (χ1n) is 9.08. The summed E-state index contributed by atoms with van der Waals surface area (Å²) in [5, 5.41) is 16.6. The van der Waals surface area contributed by atoms with Gasteiger partial charge in [0.1, 0.15) is 12.0 Å². The maximum atomic E-state index is 15.3. The van der Waals surface area contributed by atoms with E-state index in [9.17, 15) is 4.79 Å². The van der Waals surface area contributed by atoms with Crippen molar-refractivity contribution in [3.8, 4) is 0 Å². The average molecular weight is 318 g/mol. The fraction of sp³-hybridized carbons (Fsp3) is 0.842. The van der Waals surface area contributed by atoms with Gasteiger partial charge in [-0.05, 0) is 61.7 Å². The molecule has 2 N–H and O–H groups in total. The quantitative estimate of drug-likeness (QED) is 0.691. The van der Waals surface area contributed by atoms with E-state index >= 15 is 4.39 Å². The minimum absolute atomic E-state index is 0.0290. The molecule has 0 aromatic heterocycles. The van der Waals surface area contributed by atoms with Crippen LogP contribution in [0.4, 0.5) is 4.39 Å². The molecule has 0 radical (unpaired) electrons. The normalized spacial score (nSPS) is 52.8. The Kier molecular flexibility index (Phi) is 3.18. The topological polar surface area (TPSA) is 64.8 Å². The van der Waals surface area contributed by atoms with Crippen LogP contribution in [0.3, 0.4) is 0 Å². The SMILES string of the molecule is C[C@]12CCC(=N)CC1C(=N)CC1C2C(F)C[C@]2(C)C(=O)CCC12. The molecule has 126 valence electrons. The summed E-state index contributed by atoms with van der Waals surface area (Å²) in [5.41, 5.74) is 0.749. The third-order valence-electron chi connectivity index (χ3n) is 7.97. The zero-order valence-corrected chi connectivity index (χ0v) is 14.1. The van der Waals surface area contributed by atoms with Crippen molar-refractivity contribution >= 4 is 17.2 Å². The molecular weight excluding hydrogens is 291 g/mol. The van der Waals surface area contributed by atoms with E-state index in [-0.39, 0.29) is 34.9 Å². The second kappa shape index (κ2) is 4.73. The van der Waals surface area contributed by atoms with Gasteiger partial charge < -0.3 is 10.8 Å². The average Bonchev–Trinajstić information content (AvgIpc) is 2.76. The van der Waals surface area contributed by atoms with Gasteiger partial charge in [-0.25, -0.2) is 4.39 Å². The molecule has 7 atom stereocenters. The zero-order valence-electron chi connectivity index (χ0n) is 14.1. The fourth-order valence-electron chi connectivity index (χ4n) is 6.76. The summed E-state index contributed by atoms with van der Waals surface area (Å²) in [5.74, 6) is 0.666. The van der Waals surface area contributed by atoms with Gasteiger partial charge in [-0.1, -0.05) is 13.8 Å². The summed E-state index contributed by atoms with van der Waals surface area (Å²) >= 11 is 0. The molecule has 23 heavy (non-hydrogen) atoms. The molecular formula is C19H27FN2O. The van der Waals surface area contributed by atoms with Crippen LogP contribution in [0.1, 0.15) is 58.8 Å². The molecule has 5 unspecified atom stereocenters. The third-order valence-corrected chi connectivity index (χ3v) is 7.97. The predicted octanol–water partition coefficient (Wildman–Crippen LogP) is 4.20. The number of hydrogen-bond acceptors (Lipinski definition) is 3. The number of halogens is 1. The van der Waals surface area contributed by atoms with E-state index in [0.29, 0.717) is 31.4 Å². The van der Waals surface area contributed by atoms with Gasteiger partial charge >= 0.3 is 0 Å². The second-order valence-corrected chi connectivity index (χ2v) is 8.99. The molecule has 0 saturated heterocycles. The number of carbonyl (C=O) groups excluding carboxylic acids is 1. The minimum Gasteiger partial charge on any atom is -0.310 e. The molecule has 4 aliphatic rings.